The fourth-order valence-electron chi connectivity index (χ4n) is 8.76. The lowest BCUT2D eigenvalue weighted by Crippen LogP contribution is -2.04. The lowest BCUT2D eigenvalue weighted by atomic mass is 10.0. The molecule has 0 spiro atoms. The Morgan fingerprint density at radius 2 is 0.873 bits per heavy atom. The predicted octanol–water partition coefficient (Wildman–Crippen LogP) is 13.5. The Balaban J connectivity index is 1.28. The van der Waals surface area contributed by atoms with Crippen LogP contribution in [0.1, 0.15) is 0 Å². The summed E-state index contributed by atoms with van der Waals surface area (Å²) in [5.74, 6) is 0.653. The SMILES string of the molecule is c1ccc(-c2cc(-c3ccccc3)nc(-n3c4ccccc4c4ccc5sc6ccc7c8ccccc8n(-c8cccc9ccccc89)c7c6c5c43)n2)cc1. The van der Waals surface area contributed by atoms with Gasteiger partial charge in [-0.2, -0.15) is 0 Å². The number of thiophene rings is 1. The summed E-state index contributed by atoms with van der Waals surface area (Å²) in [5.41, 5.74) is 9.66. The summed E-state index contributed by atoms with van der Waals surface area (Å²) in [6.07, 6.45) is 0. The van der Waals surface area contributed by atoms with Crippen molar-refractivity contribution in [3.63, 3.8) is 0 Å². The summed E-state index contributed by atoms with van der Waals surface area (Å²) in [6, 6.07) is 65.1. The molecule has 256 valence electrons. The third-order valence-electron chi connectivity index (χ3n) is 11.1. The van der Waals surface area contributed by atoms with Crippen molar-refractivity contribution in [2.75, 3.05) is 0 Å². The molecular formula is C50H30N4S. The second kappa shape index (κ2) is 11.7. The molecule has 12 rings (SSSR count). The van der Waals surface area contributed by atoms with Gasteiger partial charge in [-0.25, -0.2) is 9.97 Å². The molecule has 12 aromatic rings. The first kappa shape index (κ1) is 30.4. The molecular weight excluding hydrogens is 689 g/mol. The number of fused-ring (bicyclic) bond motifs is 12. The molecule has 0 bridgehead atoms. The lowest BCUT2D eigenvalue weighted by molar-refractivity contribution is 0.998. The maximum Gasteiger partial charge on any atom is 0.235 e. The monoisotopic (exact) mass is 718 g/mol. The summed E-state index contributed by atoms with van der Waals surface area (Å²) in [7, 11) is 0. The first-order valence-corrected chi connectivity index (χ1v) is 19.4. The maximum absolute atomic E-state index is 5.39. The fourth-order valence-corrected chi connectivity index (χ4v) is 9.87. The van der Waals surface area contributed by atoms with Gasteiger partial charge in [-0.3, -0.25) is 4.57 Å². The van der Waals surface area contributed by atoms with Gasteiger partial charge in [0.2, 0.25) is 5.95 Å². The van der Waals surface area contributed by atoms with Crippen LogP contribution >= 0.6 is 11.3 Å². The Kier molecular flexibility index (Phi) is 6.47. The number of hydrogen-bond donors (Lipinski definition) is 0. The molecule has 8 aromatic carbocycles. The van der Waals surface area contributed by atoms with Crippen LogP contribution in [0, 0.1) is 0 Å². The summed E-state index contributed by atoms with van der Waals surface area (Å²) >= 11 is 1.86. The molecule has 0 atom stereocenters. The van der Waals surface area contributed by atoms with Crippen LogP contribution < -0.4 is 0 Å². The van der Waals surface area contributed by atoms with E-state index in [2.05, 4.69) is 179 Å². The molecule has 0 radical (unpaired) electrons. The van der Waals surface area contributed by atoms with E-state index in [0.717, 1.165) is 33.5 Å². The van der Waals surface area contributed by atoms with Crippen LogP contribution in [0.3, 0.4) is 0 Å². The van der Waals surface area contributed by atoms with Gasteiger partial charge in [0.15, 0.2) is 0 Å². The number of para-hydroxylation sites is 2. The van der Waals surface area contributed by atoms with Crippen LogP contribution in [0.2, 0.25) is 0 Å². The van der Waals surface area contributed by atoms with Crippen LogP contribution in [-0.2, 0) is 0 Å². The van der Waals surface area contributed by atoms with Crippen LogP contribution in [0.25, 0.3) is 109 Å². The lowest BCUT2D eigenvalue weighted by Gasteiger charge is -2.13. The Labute approximate surface area is 319 Å². The average molecular weight is 719 g/mol. The second-order valence-electron chi connectivity index (χ2n) is 14.1. The quantitative estimate of drug-likeness (QED) is 0.182. The standard InChI is InChI=1S/C50H30N4S/c1-3-15-32(16-4-1)39-30-40(33-17-5-2-6-18-33)52-50(51-39)54-43-24-12-10-22-36(43)38-27-29-45-47(49(38)54)46-44(55-45)28-26-37-35-21-9-11-23-42(35)53(48(37)46)41-25-13-19-31-14-7-8-20-34(31)41/h1-30H. The molecule has 0 fully saturated rings. The zero-order valence-electron chi connectivity index (χ0n) is 29.5. The van der Waals surface area contributed by atoms with Crippen molar-refractivity contribution < 1.29 is 0 Å². The molecule has 0 aliphatic heterocycles. The topological polar surface area (TPSA) is 35.6 Å². The van der Waals surface area contributed by atoms with E-state index in [1.165, 1.54) is 69.2 Å². The van der Waals surface area contributed by atoms with Crippen molar-refractivity contribution in [2.24, 2.45) is 0 Å². The smallest absolute Gasteiger partial charge is 0.235 e. The number of nitrogens with zero attached hydrogens (tertiary/aromatic N) is 4. The Bertz CT molecular complexity index is 3420. The van der Waals surface area contributed by atoms with Gasteiger partial charge in [0, 0.05) is 58.2 Å². The molecule has 0 saturated heterocycles. The van der Waals surface area contributed by atoms with Crippen molar-refractivity contribution in [3.8, 4) is 34.2 Å². The highest BCUT2D eigenvalue weighted by molar-refractivity contribution is 7.26. The van der Waals surface area contributed by atoms with Gasteiger partial charge in [0.05, 0.1) is 39.1 Å². The van der Waals surface area contributed by atoms with Gasteiger partial charge in [0.25, 0.3) is 0 Å². The van der Waals surface area contributed by atoms with Crippen molar-refractivity contribution in [2.45, 2.75) is 0 Å². The molecule has 5 heteroatoms. The van der Waals surface area contributed by atoms with Crippen LogP contribution in [0.4, 0.5) is 0 Å². The molecule has 0 unspecified atom stereocenters. The van der Waals surface area contributed by atoms with Gasteiger partial charge in [-0.15, -0.1) is 11.3 Å². The minimum Gasteiger partial charge on any atom is -0.308 e. The molecule has 0 aliphatic carbocycles. The van der Waals surface area contributed by atoms with Crippen molar-refractivity contribution in [3.05, 3.63) is 182 Å². The van der Waals surface area contributed by atoms with Gasteiger partial charge in [0.1, 0.15) is 0 Å². The van der Waals surface area contributed by atoms with Crippen LogP contribution in [-0.4, -0.2) is 19.1 Å². The summed E-state index contributed by atoms with van der Waals surface area (Å²) < 4.78 is 7.31. The normalized spacial score (nSPS) is 12.0. The third-order valence-corrected chi connectivity index (χ3v) is 12.2. The van der Waals surface area contributed by atoms with Gasteiger partial charge < -0.3 is 4.57 Å². The maximum atomic E-state index is 5.39. The summed E-state index contributed by atoms with van der Waals surface area (Å²) in [4.78, 5) is 10.8. The van der Waals surface area contributed by atoms with E-state index in [0.29, 0.717) is 5.95 Å². The number of rotatable bonds is 4. The highest BCUT2D eigenvalue weighted by Gasteiger charge is 2.24. The van der Waals surface area contributed by atoms with E-state index in [-0.39, 0.29) is 0 Å². The molecule has 4 aromatic heterocycles. The third kappa shape index (κ3) is 4.45. The van der Waals surface area contributed by atoms with E-state index in [4.69, 9.17) is 9.97 Å². The fraction of sp³-hybridized carbons (Fsp3) is 0. The second-order valence-corrected chi connectivity index (χ2v) is 15.2. The largest absolute Gasteiger partial charge is 0.308 e. The van der Waals surface area contributed by atoms with E-state index in [1.807, 2.05) is 23.5 Å². The van der Waals surface area contributed by atoms with Crippen LogP contribution in [0.5, 0.6) is 0 Å². The Morgan fingerprint density at radius 1 is 0.382 bits per heavy atom. The molecule has 55 heavy (non-hydrogen) atoms. The van der Waals surface area contributed by atoms with E-state index < -0.39 is 0 Å². The van der Waals surface area contributed by atoms with Crippen molar-refractivity contribution >= 4 is 85.9 Å². The Morgan fingerprint density at radius 3 is 1.49 bits per heavy atom. The highest BCUT2D eigenvalue weighted by atomic mass is 32.1. The van der Waals surface area contributed by atoms with Gasteiger partial charge >= 0.3 is 0 Å². The molecule has 0 saturated carbocycles. The predicted molar refractivity (Wildman–Crippen MR) is 232 cm³/mol. The Hall–Kier alpha value is -7.08. The molecule has 0 aliphatic rings. The van der Waals surface area contributed by atoms with Crippen molar-refractivity contribution in [1.29, 1.82) is 0 Å². The molecule has 4 heterocycles. The zero-order valence-corrected chi connectivity index (χ0v) is 30.3. The summed E-state index contributed by atoms with van der Waals surface area (Å²) in [6.45, 7) is 0. The molecule has 0 amide bonds. The van der Waals surface area contributed by atoms with Gasteiger partial charge in [-0.1, -0.05) is 146 Å². The average Bonchev–Trinajstić information content (AvgIpc) is 3.91. The number of benzene rings is 8. The molecule has 0 N–H and O–H groups in total. The van der Waals surface area contributed by atoms with E-state index in [9.17, 15) is 0 Å². The molecule has 4 nitrogen and oxygen atoms in total. The summed E-state index contributed by atoms with van der Waals surface area (Å²) in [5, 5.41) is 9.76. The highest BCUT2D eigenvalue weighted by Crippen LogP contribution is 2.48. The van der Waals surface area contributed by atoms with Gasteiger partial charge in [-0.05, 0) is 41.8 Å². The minimum absolute atomic E-state index is 0.653. The van der Waals surface area contributed by atoms with Crippen molar-refractivity contribution in [1.82, 2.24) is 19.1 Å². The minimum atomic E-state index is 0.653. The first-order chi connectivity index (χ1) is 27.3. The zero-order chi connectivity index (χ0) is 36.0. The van der Waals surface area contributed by atoms with E-state index in [1.54, 1.807) is 0 Å². The number of hydrogen-bond acceptors (Lipinski definition) is 3. The number of aromatic nitrogens is 4. The van der Waals surface area contributed by atoms with Crippen LogP contribution in [0.15, 0.2) is 182 Å². The first-order valence-electron chi connectivity index (χ1n) is 18.6. The van der Waals surface area contributed by atoms with E-state index >= 15 is 0 Å².